The van der Waals surface area contributed by atoms with E-state index in [9.17, 15) is 0 Å². The third-order valence-electron chi connectivity index (χ3n) is 1.86. The quantitative estimate of drug-likeness (QED) is 0.634. The fourth-order valence-corrected chi connectivity index (χ4v) is 0.607. The standard InChI is InChI=1S/C9H19N/c1-5-6-10-7-9(4)8(2)3/h5-6,8-10H,7H2,1-4H3. The lowest BCUT2D eigenvalue weighted by Crippen LogP contribution is -2.19. The van der Waals surface area contributed by atoms with Crippen molar-refractivity contribution in [2.24, 2.45) is 11.8 Å². The van der Waals surface area contributed by atoms with Crippen molar-refractivity contribution in [3.63, 3.8) is 0 Å². The van der Waals surface area contributed by atoms with Crippen LogP contribution in [0.25, 0.3) is 0 Å². The monoisotopic (exact) mass is 141 g/mol. The Morgan fingerprint density at radius 1 is 1.30 bits per heavy atom. The van der Waals surface area contributed by atoms with Crippen molar-refractivity contribution >= 4 is 0 Å². The largest absolute Gasteiger partial charge is 0.391 e. The Hall–Kier alpha value is -0.460. The molecule has 0 heterocycles. The van der Waals surface area contributed by atoms with Gasteiger partial charge in [-0.3, -0.25) is 0 Å². The predicted molar refractivity (Wildman–Crippen MR) is 46.8 cm³/mol. The molecule has 0 radical (unpaired) electrons. The molecule has 1 N–H and O–H groups in total. The van der Waals surface area contributed by atoms with Crippen molar-refractivity contribution < 1.29 is 0 Å². The highest BCUT2D eigenvalue weighted by Crippen LogP contribution is 2.07. The molecule has 0 aliphatic heterocycles. The van der Waals surface area contributed by atoms with Crippen molar-refractivity contribution in [1.82, 2.24) is 5.32 Å². The molecule has 1 atom stereocenters. The molecule has 0 aromatic carbocycles. The Labute approximate surface area is 64.5 Å². The molecule has 0 saturated carbocycles. The first-order valence-corrected chi connectivity index (χ1v) is 4.03. The van der Waals surface area contributed by atoms with E-state index in [-0.39, 0.29) is 0 Å². The SMILES string of the molecule is CC=CNCC(C)C(C)C. The number of hydrogen-bond donors (Lipinski definition) is 1. The smallest absolute Gasteiger partial charge is 0.0169 e. The normalized spacial score (nSPS) is 14.5. The van der Waals surface area contributed by atoms with E-state index in [1.165, 1.54) is 0 Å². The molecule has 0 spiro atoms. The summed E-state index contributed by atoms with van der Waals surface area (Å²) in [6.45, 7) is 9.88. The molecule has 0 aromatic heterocycles. The zero-order valence-corrected chi connectivity index (χ0v) is 7.52. The van der Waals surface area contributed by atoms with Crippen molar-refractivity contribution in [3.05, 3.63) is 12.3 Å². The van der Waals surface area contributed by atoms with Crippen molar-refractivity contribution in [2.75, 3.05) is 6.54 Å². The Morgan fingerprint density at radius 3 is 2.30 bits per heavy atom. The van der Waals surface area contributed by atoms with Crippen LogP contribution in [-0.2, 0) is 0 Å². The van der Waals surface area contributed by atoms with Crippen LogP contribution in [0.5, 0.6) is 0 Å². The molecule has 60 valence electrons. The van der Waals surface area contributed by atoms with Crippen LogP contribution < -0.4 is 5.32 Å². The van der Waals surface area contributed by atoms with Gasteiger partial charge in [0.1, 0.15) is 0 Å². The lowest BCUT2D eigenvalue weighted by molar-refractivity contribution is 0.410. The minimum Gasteiger partial charge on any atom is -0.391 e. The van der Waals surface area contributed by atoms with E-state index in [4.69, 9.17) is 0 Å². The van der Waals surface area contributed by atoms with E-state index in [0.29, 0.717) is 0 Å². The summed E-state index contributed by atoms with van der Waals surface area (Å²) >= 11 is 0. The summed E-state index contributed by atoms with van der Waals surface area (Å²) < 4.78 is 0. The van der Waals surface area contributed by atoms with Crippen LogP contribution in [0.1, 0.15) is 27.7 Å². The number of allylic oxidation sites excluding steroid dienone is 1. The summed E-state index contributed by atoms with van der Waals surface area (Å²) in [6, 6.07) is 0. The zero-order chi connectivity index (χ0) is 7.98. The van der Waals surface area contributed by atoms with Crippen LogP contribution in [-0.4, -0.2) is 6.54 Å². The van der Waals surface area contributed by atoms with Crippen LogP contribution >= 0.6 is 0 Å². The van der Waals surface area contributed by atoms with E-state index in [0.717, 1.165) is 18.4 Å². The van der Waals surface area contributed by atoms with Gasteiger partial charge in [-0.2, -0.15) is 0 Å². The summed E-state index contributed by atoms with van der Waals surface area (Å²) in [6.07, 6.45) is 4.02. The molecular formula is C9H19N. The van der Waals surface area contributed by atoms with Crippen LogP contribution in [0.15, 0.2) is 12.3 Å². The molecule has 1 unspecified atom stereocenters. The molecule has 10 heavy (non-hydrogen) atoms. The van der Waals surface area contributed by atoms with Crippen molar-refractivity contribution in [3.8, 4) is 0 Å². The molecule has 0 fully saturated rings. The molecule has 0 bridgehead atoms. The van der Waals surface area contributed by atoms with Gasteiger partial charge in [-0.05, 0) is 25.0 Å². The van der Waals surface area contributed by atoms with Crippen molar-refractivity contribution in [1.29, 1.82) is 0 Å². The molecule has 0 rings (SSSR count). The van der Waals surface area contributed by atoms with E-state index < -0.39 is 0 Å². The molecular weight excluding hydrogens is 122 g/mol. The second-order valence-electron chi connectivity index (χ2n) is 3.13. The first-order chi connectivity index (χ1) is 4.68. The van der Waals surface area contributed by atoms with Gasteiger partial charge in [0.25, 0.3) is 0 Å². The number of rotatable bonds is 4. The van der Waals surface area contributed by atoms with Gasteiger partial charge in [0.05, 0.1) is 0 Å². The van der Waals surface area contributed by atoms with Crippen LogP contribution in [0, 0.1) is 11.8 Å². The van der Waals surface area contributed by atoms with Crippen LogP contribution in [0.2, 0.25) is 0 Å². The molecule has 0 aliphatic rings. The predicted octanol–water partition coefficient (Wildman–Crippen LogP) is 2.40. The maximum absolute atomic E-state index is 3.24. The second kappa shape index (κ2) is 5.33. The molecule has 0 aliphatic carbocycles. The highest BCUT2D eigenvalue weighted by molar-refractivity contribution is 4.75. The average Bonchev–Trinajstić information content (AvgIpc) is 1.88. The topological polar surface area (TPSA) is 12.0 Å². The van der Waals surface area contributed by atoms with E-state index in [1.807, 2.05) is 19.2 Å². The molecule has 0 amide bonds. The molecule has 0 saturated heterocycles. The lowest BCUT2D eigenvalue weighted by atomic mass is 9.98. The fraction of sp³-hybridized carbons (Fsp3) is 0.778. The number of nitrogens with one attached hydrogen (secondary N) is 1. The van der Waals surface area contributed by atoms with Gasteiger partial charge in [-0.25, -0.2) is 0 Å². The Balaban J connectivity index is 3.30. The highest BCUT2D eigenvalue weighted by Gasteiger charge is 2.03. The Kier molecular flexibility index (Phi) is 5.09. The maximum atomic E-state index is 3.24. The Morgan fingerprint density at radius 2 is 1.90 bits per heavy atom. The van der Waals surface area contributed by atoms with E-state index in [1.54, 1.807) is 0 Å². The minimum absolute atomic E-state index is 0.760. The highest BCUT2D eigenvalue weighted by atomic mass is 14.8. The zero-order valence-electron chi connectivity index (χ0n) is 7.52. The third-order valence-corrected chi connectivity index (χ3v) is 1.86. The number of hydrogen-bond acceptors (Lipinski definition) is 1. The van der Waals surface area contributed by atoms with Gasteiger partial charge < -0.3 is 5.32 Å². The minimum atomic E-state index is 0.760. The second-order valence-corrected chi connectivity index (χ2v) is 3.13. The lowest BCUT2D eigenvalue weighted by Gasteiger charge is -2.14. The first kappa shape index (κ1) is 9.54. The third kappa shape index (κ3) is 4.42. The summed E-state index contributed by atoms with van der Waals surface area (Å²) in [4.78, 5) is 0. The van der Waals surface area contributed by atoms with Crippen LogP contribution in [0.3, 0.4) is 0 Å². The average molecular weight is 141 g/mol. The van der Waals surface area contributed by atoms with E-state index in [2.05, 4.69) is 26.1 Å². The summed E-state index contributed by atoms with van der Waals surface area (Å²) in [5.74, 6) is 1.54. The van der Waals surface area contributed by atoms with Crippen LogP contribution in [0.4, 0.5) is 0 Å². The van der Waals surface area contributed by atoms with Gasteiger partial charge in [-0.1, -0.05) is 26.8 Å². The first-order valence-electron chi connectivity index (χ1n) is 4.03. The van der Waals surface area contributed by atoms with Gasteiger partial charge in [0.15, 0.2) is 0 Å². The van der Waals surface area contributed by atoms with Gasteiger partial charge in [0, 0.05) is 6.54 Å². The molecule has 1 nitrogen and oxygen atoms in total. The summed E-state index contributed by atoms with van der Waals surface area (Å²) in [5, 5.41) is 3.24. The Bertz CT molecular complexity index is 94.9. The van der Waals surface area contributed by atoms with Crippen molar-refractivity contribution in [2.45, 2.75) is 27.7 Å². The maximum Gasteiger partial charge on any atom is 0.0169 e. The summed E-state index contributed by atoms with van der Waals surface area (Å²) in [7, 11) is 0. The van der Waals surface area contributed by atoms with Gasteiger partial charge >= 0.3 is 0 Å². The summed E-state index contributed by atoms with van der Waals surface area (Å²) in [5.41, 5.74) is 0. The molecule has 1 heteroatoms. The van der Waals surface area contributed by atoms with E-state index >= 15 is 0 Å². The fourth-order valence-electron chi connectivity index (χ4n) is 0.607. The van der Waals surface area contributed by atoms with Gasteiger partial charge in [-0.15, -0.1) is 0 Å². The molecule has 0 aromatic rings. The van der Waals surface area contributed by atoms with Gasteiger partial charge in [0.2, 0.25) is 0 Å².